The fourth-order valence-corrected chi connectivity index (χ4v) is 3.27. The highest BCUT2D eigenvalue weighted by atomic mass is 127. The highest BCUT2D eigenvalue weighted by Gasteiger charge is 2.21. The van der Waals surface area contributed by atoms with Crippen LogP contribution in [0.15, 0.2) is 4.99 Å². The first kappa shape index (κ1) is 23.9. The minimum Gasteiger partial charge on any atom is -0.356 e. The summed E-state index contributed by atoms with van der Waals surface area (Å²) in [5.74, 6) is 1.71. The van der Waals surface area contributed by atoms with Gasteiger partial charge in [-0.1, -0.05) is 20.8 Å². The lowest BCUT2D eigenvalue weighted by atomic mass is 10.1. The van der Waals surface area contributed by atoms with Gasteiger partial charge in [-0.2, -0.15) is 0 Å². The standard InChI is InChI=1S/C18H39N5.HI/c1-6-22(7-2)12-9-10-16(4)21-18(19-5)20-14-17-11-13-23(8-3)15-17;/h16-17H,6-15H2,1-5H3,(H2,19,20,21);1H. The summed E-state index contributed by atoms with van der Waals surface area (Å²) in [4.78, 5) is 9.39. The van der Waals surface area contributed by atoms with Crippen LogP contribution in [0, 0.1) is 5.92 Å². The van der Waals surface area contributed by atoms with Crippen molar-refractivity contribution in [2.45, 2.75) is 53.0 Å². The molecule has 1 aliphatic rings. The summed E-state index contributed by atoms with van der Waals surface area (Å²) in [6.45, 7) is 17.1. The SMILES string of the molecule is CCN(CC)CCCC(C)NC(=NC)NCC1CCN(CC)C1.I. The number of rotatable bonds is 10. The highest BCUT2D eigenvalue weighted by molar-refractivity contribution is 14.0. The van der Waals surface area contributed by atoms with Crippen molar-refractivity contribution in [3.63, 3.8) is 0 Å². The predicted molar refractivity (Wildman–Crippen MR) is 117 cm³/mol. The van der Waals surface area contributed by atoms with E-state index in [4.69, 9.17) is 0 Å². The van der Waals surface area contributed by atoms with E-state index in [9.17, 15) is 0 Å². The Morgan fingerprint density at radius 2 is 2.00 bits per heavy atom. The summed E-state index contributed by atoms with van der Waals surface area (Å²) in [6, 6.07) is 0.465. The van der Waals surface area contributed by atoms with Crippen LogP contribution in [0.2, 0.25) is 0 Å². The molecule has 0 amide bonds. The zero-order valence-electron chi connectivity index (χ0n) is 16.5. The van der Waals surface area contributed by atoms with E-state index in [2.05, 4.69) is 53.1 Å². The monoisotopic (exact) mass is 453 g/mol. The van der Waals surface area contributed by atoms with Crippen molar-refractivity contribution in [2.24, 2.45) is 10.9 Å². The molecule has 2 unspecified atom stereocenters. The molecule has 2 N–H and O–H groups in total. The van der Waals surface area contributed by atoms with Gasteiger partial charge in [0.1, 0.15) is 0 Å². The largest absolute Gasteiger partial charge is 0.356 e. The Hall–Kier alpha value is -0.0800. The van der Waals surface area contributed by atoms with Gasteiger partial charge in [-0.3, -0.25) is 4.99 Å². The molecule has 0 radical (unpaired) electrons. The van der Waals surface area contributed by atoms with Crippen molar-refractivity contribution in [1.29, 1.82) is 0 Å². The molecule has 0 bridgehead atoms. The Labute approximate surface area is 167 Å². The second kappa shape index (κ2) is 14.1. The van der Waals surface area contributed by atoms with E-state index in [-0.39, 0.29) is 24.0 Å². The van der Waals surface area contributed by atoms with Gasteiger partial charge in [-0.05, 0) is 64.8 Å². The molecule has 0 saturated carbocycles. The zero-order chi connectivity index (χ0) is 17.1. The first-order valence-corrected chi connectivity index (χ1v) is 9.54. The highest BCUT2D eigenvalue weighted by Crippen LogP contribution is 2.14. The Morgan fingerprint density at radius 3 is 2.54 bits per heavy atom. The third-order valence-corrected chi connectivity index (χ3v) is 4.99. The summed E-state index contributed by atoms with van der Waals surface area (Å²) in [7, 11) is 1.87. The van der Waals surface area contributed by atoms with E-state index >= 15 is 0 Å². The molecule has 24 heavy (non-hydrogen) atoms. The van der Waals surface area contributed by atoms with Gasteiger partial charge in [0.05, 0.1) is 0 Å². The molecular weight excluding hydrogens is 413 g/mol. The van der Waals surface area contributed by atoms with Crippen LogP contribution in [-0.4, -0.2) is 74.7 Å². The van der Waals surface area contributed by atoms with E-state index in [1.165, 1.54) is 45.4 Å². The molecule has 1 heterocycles. The van der Waals surface area contributed by atoms with Gasteiger partial charge in [-0.25, -0.2) is 0 Å². The number of hydrogen-bond acceptors (Lipinski definition) is 3. The van der Waals surface area contributed by atoms with Crippen LogP contribution in [0.3, 0.4) is 0 Å². The number of hydrogen-bond donors (Lipinski definition) is 2. The summed E-state index contributed by atoms with van der Waals surface area (Å²) in [6.07, 6.45) is 3.72. The van der Waals surface area contributed by atoms with Crippen LogP contribution in [0.5, 0.6) is 0 Å². The molecule has 0 aromatic rings. The van der Waals surface area contributed by atoms with Gasteiger partial charge in [-0.15, -0.1) is 24.0 Å². The molecule has 1 fully saturated rings. The first-order chi connectivity index (χ1) is 11.1. The first-order valence-electron chi connectivity index (χ1n) is 9.54. The fourth-order valence-electron chi connectivity index (χ4n) is 3.27. The molecule has 1 saturated heterocycles. The number of nitrogens with zero attached hydrogens (tertiary/aromatic N) is 3. The second-order valence-corrected chi connectivity index (χ2v) is 6.72. The summed E-state index contributed by atoms with van der Waals surface area (Å²) >= 11 is 0. The molecule has 0 aliphatic carbocycles. The van der Waals surface area contributed by atoms with Gasteiger partial charge >= 0.3 is 0 Å². The normalized spacial score (nSPS) is 20.1. The minimum atomic E-state index is 0. The number of nitrogens with one attached hydrogen (secondary N) is 2. The third-order valence-electron chi connectivity index (χ3n) is 4.99. The zero-order valence-corrected chi connectivity index (χ0v) is 18.8. The number of likely N-dealkylation sites (tertiary alicyclic amines) is 1. The van der Waals surface area contributed by atoms with Crippen LogP contribution in [-0.2, 0) is 0 Å². The topological polar surface area (TPSA) is 42.9 Å². The van der Waals surface area contributed by atoms with E-state index < -0.39 is 0 Å². The Balaban J connectivity index is 0.00000529. The van der Waals surface area contributed by atoms with Crippen molar-refractivity contribution < 1.29 is 0 Å². The number of aliphatic imine (C=N–C) groups is 1. The smallest absolute Gasteiger partial charge is 0.191 e. The van der Waals surface area contributed by atoms with Crippen LogP contribution in [0.4, 0.5) is 0 Å². The van der Waals surface area contributed by atoms with Crippen LogP contribution < -0.4 is 10.6 Å². The van der Waals surface area contributed by atoms with E-state index in [0.717, 1.165) is 31.5 Å². The van der Waals surface area contributed by atoms with E-state index in [0.29, 0.717) is 6.04 Å². The Morgan fingerprint density at radius 1 is 1.29 bits per heavy atom. The second-order valence-electron chi connectivity index (χ2n) is 6.72. The van der Waals surface area contributed by atoms with Crippen molar-refractivity contribution in [3.05, 3.63) is 0 Å². The molecular formula is C18H40IN5. The van der Waals surface area contributed by atoms with Gasteiger partial charge in [0.25, 0.3) is 0 Å². The van der Waals surface area contributed by atoms with Crippen LogP contribution in [0.1, 0.15) is 47.0 Å². The fraction of sp³-hybridized carbons (Fsp3) is 0.944. The van der Waals surface area contributed by atoms with Gasteiger partial charge in [0, 0.05) is 26.2 Å². The molecule has 6 heteroatoms. The maximum Gasteiger partial charge on any atom is 0.191 e. The number of guanidine groups is 1. The van der Waals surface area contributed by atoms with Crippen LogP contribution in [0.25, 0.3) is 0 Å². The van der Waals surface area contributed by atoms with Crippen molar-refractivity contribution in [1.82, 2.24) is 20.4 Å². The molecule has 2 atom stereocenters. The predicted octanol–water partition coefficient (Wildman–Crippen LogP) is 2.62. The molecule has 0 spiro atoms. The van der Waals surface area contributed by atoms with Gasteiger partial charge in [0.2, 0.25) is 0 Å². The average Bonchev–Trinajstić information content (AvgIpc) is 3.03. The summed E-state index contributed by atoms with van der Waals surface area (Å²) in [5, 5.41) is 7.04. The number of halogens is 1. The van der Waals surface area contributed by atoms with Gasteiger partial charge < -0.3 is 20.4 Å². The molecule has 0 aromatic heterocycles. The van der Waals surface area contributed by atoms with E-state index in [1.807, 2.05) is 7.05 Å². The Kier molecular flexibility index (Phi) is 14.1. The van der Waals surface area contributed by atoms with Crippen molar-refractivity contribution in [2.75, 3.05) is 52.9 Å². The lowest BCUT2D eigenvalue weighted by Crippen LogP contribution is -2.44. The quantitative estimate of drug-likeness (QED) is 0.303. The summed E-state index contributed by atoms with van der Waals surface area (Å²) in [5.41, 5.74) is 0. The Bertz CT molecular complexity index is 333. The maximum atomic E-state index is 4.37. The molecule has 5 nitrogen and oxygen atoms in total. The maximum absolute atomic E-state index is 4.37. The molecule has 1 rings (SSSR count). The molecule has 0 aromatic carbocycles. The lowest BCUT2D eigenvalue weighted by molar-refractivity contribution is 0.292. The molecule has 1 aliphatic heterocycles. The van der Waals surface area contributed by atoms with E-state index in [1.54, 1.807) is 0 Å². The lowest BCUT2D eigenvalue weighted by Gasteiger charge is -2.22. The van der Waals surface area contributed by atoms with Crippen LogP contribution >= 0.6 is 24.0 Å². The minimum absolute atomic E-state index is 0. The van der Waals surface area contributed by atoms with Gasteiger partial charge in [0.15, 0.2) is 5.96 Å². The van der Waals surface area contributed by atoms with Crippen molar-refractivity contribution in [3.8, 4) is 0 Å². The third kappa shape index (κ3) is 9.42. The molecule has 144 valence electrons. The average molecular weight is 453 g/mol. The van der Waals surface area contributed by atoms with Crippen molar-refractivity contribution >= 4 is 29.9 Å². The summed E-state index contributed by atoms with van der Waals surface area (Å²) < 4.78 is 0.